The molecule has 0 unspecified atom stereocenters. The Labute approximate surface area is 409 Å². The van der Waals surface area contributed by atoms with Crippen LogP contribution in [0, 0.1) is 25.2 Å². The molecule has 15 heteroatoms. The van der Waals surface area contributed by atoms with Crippen LogP contribution in [0.1, 0.15) is 76.5 Å². The highest BCUT2D eigenvalue weighted by atomic mass is 16.1. The van der Waals surface area contributed by atoms with Gasteiger partial charge in [-0.2, -0.15) is 5.26 Å². The molecule has 0 aliphatic carbocycles. The lowest BCUT2D eigenvalue weighted by Crippen LogP contribution is -2.34. The smallest absolute Gasteiger partial charge is 0.248 e. The van der Waals surface area contributed by atoms with Crippen molar-refractivity contribution < 1.29 is 4.79 Å². The summed E-state index contributed by atoms with van der Waals surface area (Å²) >= 11 is 0. The van der Waals surface area contributed by atoms with Gasteiger partial charge in [-0.25, -0.2) is 29.9 Å². The number of aryl methyl sites for hydroxylation is 2. The summed E-state index contributed by atoms with van der Waals surface area (Å²) in [6, 6.07) is 40.3. The quantitative estimate of drug-likeness (QED) is 0.102. The van der Waals surface area contributed by atoms with Crippen LogP contribution in [0.25, 0.3) is 72.8 Å². The minimum Gasteiger partial charge on any atom is -0.366 e. The zero-order valence-electron chi connectivity index (χ0n) is 39.4. The highest BCUT2D eigenvalue weighted by Crippen LogP contribution is 2.39. The average Bonchev–Trinajstić information content (AvgIpc) is 4.23. The van der Waals surface area contributed by atoms with Crippen LogP contribution in [0.3, 0.4) is 0 Å². The van der Waals surface area contributed by atoms with Gasteiger partial charge in [-0.05, 0) is 99.2 Å². The van der Waals surface area contributed by atoms with E-state index in [1.54, 1.807) is 24.8 Å². The fourth-order valence-corrected chi connectivity index (χ4v) is 10.6. The van der Waals surface area contributed by atoms with Crippen molar-refractivity contribution in [2.24, 2.45) is 5.73 Å². The first-order chi connectivity index (χ1) is 34.8. The largest absolute Gasteiger partial charge is 0.366 e. The van der Waals surface area contributed by atoms with Crippen LogP contribution in [0.2, 0.25) is 0 Å². The molecule has 2 aliphatic rings. The Morgan fingerprint density at radius 3 is 1.76 bits per heavy atom. The van der Waals surface area contributed by atoms with E-state index >= 15 is 0 Å². The number of carbonyl (C=O) groups is 1. The predicted molar refractivity (Wildman–Crippen MR) is 276 cm³/mol. The van der Waals surface area contributed by atoms with Gasteiger partial charge in [0.25, 0.3) is 0 Å². The van der Waals surface area contributed by atoms with Crippen molar-refractivity contribution in [3.63, 3.8) is 0 Å². The van der Waals surface area contributed by atoms with E-state index in [0.717, 1.165) is 159 Å². The number of rotatable bonds is 10. The first-order valence-electron chi connectivity index (χ1n) is 24.2. The third-order valence-corrected chi connectivity index (χ3v) is 14.4. The van der Waals surface area contributed by atoms with Gasteiger partial charge >= 0.3 is 0 Å². The summed E-state index contributed by atoms with van der Waals surface area (Å²) in [6.45, 7) is 7.51. The fourth-order valence-electron chi connectivity index (χ4n) is 10.6. The zero-order valence-corrected chi connectivity index (χ0v) is 39.4. The van der Waals surface area contributed by atoms with Crippen LogP contribution < -0.4 is 15.5 Å². The molecule has 8 heterocycles. The number of piperidine rings is 2. The number of nitrogens with zero attached hydrogens (tertiary/aromatic N) is 10. The van der Waals surface area contributed by atoms with Gasteiger partial charge in [0.15, 0.2) is 5.65 Å². The maximum Gasteiger partial charge on any atom is 0.248 e. The van der Waals surface area contributed by atoms with Gasteiger partial charge in [0.2, 0.25) is 5.91 Å². The summed E-state index contributed by atoms with van der Waals surface area (Å²) in [4.78, 5) is 56.9. The fraction of sp³-hybridized carbons (Fsp3) is 0.214. The molecule has 71 heavy (non-hydrogen) atoms. The van der Waals surface area contributed by atoms with E-state index in [4.69, 9.17) is 30.7 Å². The van der Waals surface area contributed by atoms with Gasteiger partial charge < -0.3 is 30.5 Å². The van der Waals surface area contributed by atoms with Gasteiger partial charge in [-0.15, -0.1) is 0 Å². The van der Waals surface area contributed by atoms with Crippen LogP contribution in [-0.2, 0) is 0 Å². The number of H-pyrrole nitrogens is 3. The molecule has 2 fully saturated rings. The van der Waals surface area contributed by atoms with Gasteiger partial charge in [0.1, 0.15) is 41.6 Å². The number of amides is 1. The zero-order chi connectivity index (χ0) is 48.2. The number of aromatic amines is 3. The van der Waals surface area contributed by atoms with Crippen molar-refractivity contribution in [1.82, 2.24) is 49.4 Å². The third kappa shape index (κ3) is 8.02. The van der Waals surface area contributed by atoms with E-state index in [-0.39, 0.29) is 5.92 Å². The Balaban J connectivity index is 0.788. The normalized spacial score (nSPS) is 14.7. The molecule has 0 spiro atoms. The number of nitriles is 1. The Morgan fingerprint density at radius 1 is 0.620 bits per heavy atom. The second kappa shape index (κ2) is 17.9. The molecule has 2 aliphatic heterocycles. The molecule has 350 valence electrons. The molecule has 0 radical (unpaired) electrons. The molecule has 2 saturated heterocycles. The predicted octanol–water partition coefficient (Wildman–Crippen LogP) is 10.2. The molecular formula is C56H50N14O. The lowest BCUT2D eigenvalue weighted by atomic mass is 9.96. The average molecular weight is 935 g/mol. The van der Waals surface area contributed by atoms with E-state index in [1.807, 2.05) is 42.5 Å². The number of fused-ring (bicyclic) bond motifs is 2. The lowest BCUT2D eigenvalue weighted by Gasteiger charge is -2.32. The van der Waals surface area contributed by atoms with Crippen molar-refractivity contribution >= 4 is 39.6 Å². The van der Waals surface area contributed by atoms with Crippen molar-refractivity contribution in [2.75, 3.05) is 36.0 Å². The van der Waals surface area contributed by atoms with Crippen LogP contribution in [0.5, 0.6) is 0 Å². The third-order valence-electron chi connectivity index (χ3n) is 14.4. The maximum absolute atomic E-state index is 12.1. The van der Waals surface area contributed by atoms with E-state index in [1.165, 1.54) is 0 Å². The standard InChI is InChI=1S/C56H50N14O/c1-33-48(38-6-4-3-5-7-38)66-51(63-33)42-22-26-69(27-23-42)55-45-29-47(37-12-14-40(15-13-37)50(58)71)70(56(45)62-32-61-55)43-18-16-39(17-19-43)49-34(2)64-52(67-49)41-20-24-68(25-21-41)54-44-28-46(65-53(44)59-31-60-54)36-10-8-35(30-57)9-11-36/h3-19,28-29,31-32,41-42H,20-27H2,1-2H3,(H2,58,71)(H,63,66)(H,64,67)(H,59,60,65). The minimum absolute atomic E-state index is 0.270. The molecule has 0 bridgehead atoms. The molecule has 0 atom stereocenters. The van der Waals surface area contributed by atoms with Gasteiger partial charge in [-0.1, -0.05) is 66.7 Å². The van der Waals surface area contributed by atoms with Crippen molar-refractivity contribution in [3.8, 4) is 56.8 Å². The van der Waals surface area contributed by atoms with Gasteiger partial charge in [0, 0.05) is 77.5 Å². The van der Waals surface area contributed by atoms with E-state index in [9.17, 15) is 10.1 Å². The van der Waals surface area contributed by atoms with Crippen molar-refractivity contribution in [1.29, 1.82) is 5.26 Å². The second-order valence-corrected chi connectivity index (χ2v) is 18.7. The van der Waals surface area contributed by atoms with Gasteiger partial charge in [0.05, 0.1) is 39.5 Å². The summed E-state index contributed by atoms with van der Waals surface area (Å²) in [5.41, 5.74) is 19.2. The van der Waals surface area contributed by atoms with E-state index in [0.29, 0.717) is 17.0 Å². The molecule has 10 aromatic rings. The molecule has 12 rings (SSSR count). The number of primary amides is 1. The number of nitrogens with one attached hydrogen (secondary N) is 3. The SMILES string of the molecule is Cc1[nH]c(C2CCN(c3ncnc4[nH]c(-c5ccc(C#N)cc5)cc34)CC2)nc1-c1ccc(-n2c(-c3ccc(C(N)=O)cc3)cc3c(N4CCC(c5nc(-c6ccccc6)c(C)[nH]5)CC4)ncnc32)cc1. The van der Waals surface area contributed by atoms with Gasteiger partial charge in [-0.3, -0.25) is 9.36 Å². The molecule has 15 nitrogen and oxygen atoms in total. The molecule has 0 saturated carbocycles. The number of benzene rings is 4. The summed E-state index contributed by atoms with van der Waals surface area (Å²) in [6.07, 6.45) is 7.02. The Morgan fingerprint density at radius 2 is 1.17 bits per heavy atom. The summed E-state index contributed by atoms with van der Waals surface area (Å²) in [7, 11) is 0. The highest BCUT2D eigenvalue weighted by Gasteiger charge is 2.29. The number of hydrogen-bond donors (Lipinski definition) is 4. The molecule has 4 aromatic carbocycles. The maximum atomic E-state index is 12.1. The summed E-state index contributed by atoms with van der Waals surface area (Å²) in [5, 5.41) is 11.2. The Kier molecular flexibility index (Phi) is 10.9. The molecule has 1 amide bonds. The van der Waals surface area contributed by atoms with Crippen molar-refractivity contribution in [3.05, 3.63) is 162 Å². The minimum atomic E-state index is -0.468. The first kappa shape index (κ1) is 43.4. The van der Waals surface area contributed by atoms with E-state index < -0.39 is 5.91 Å². The monoisotopic (exact) mass is 934 g/mol. The summed E-state index contributed by atoms with van der Waals surface area (Å²) in [5.74, 6) is 3.98. The van der Waals surface area contributed by atoms with Crippen LogP contribution in [0.15, 0.2) is 128 Å². The summed E-state index contributed by atoms with van der Waals surface area (Å²) < 4.78 is 2.18. The highest BCUT2D eigenvalue weighted by molar-refractivity contribution is 5.96. The Hall–Kier alpha value is -8.90. The second-order valence-electron chi connectivity index (χ2n) is 18.7. The molecular weight excluding hydrogens is 885 g/mol. The van der Waals surface area contributed by atoms with Crippen LogP contribution >= 0.6 is 0 Å². The number of carbonyl (C=O) groups excluding carboxylic acids is 1. The topological polar surface area (TPSA) is 203 Å². The van der Waals surface area contributed by atoms with Crippen molar-refractivity contribution in [2.45, 2.75) is 51.4 Å². The van der Waals surface area contributed by atoms with Crippen LogP contribution in [-0.4, -0.2) is 81.5 Å². The molecule has 5 N–H and O–H groups in total. The van der Waals surface area contributed by atoms with E-state index in [2.05, 4.69) is 115 Å². The lowest BCUT2D eigenvalue weighted by molar-refractivity contribution is 0.1000. The van der Waals surface area contributed by atoms with Crippen LogP contribution in [0.4, 0.5) is 11.6 Å². The number of aromatic nitrogens is 10. The Bertz CT molecular complexity index is 3620. The molecule has 6 aromatic heterocycles. The number of imidazole rings is 2. The number of hydrogen-bond acceptors (Lipinski definition) is 10. The number of anilines is 2. The number of nitrogens with two attached hydrogens (primary N) is 1. The first-order valence-corrected chi connectivity index (χ1v) is 24.2.